The van der Waals surface area contributed by atoms with Gasteiger partial charge in [0.1, 0.15) is 0 Å². The number of sulfone groups is 1. The molecule has 1 aliphatic heterocycles. The molecule has 1 atom stereocenters. The average Bonchev–Trinajstić information content (AvgIpc) is 3.09. The second-order valence-corrected chi connectivity index (χ2v) is 7.69. The monoisotopic (exact) mass is 319 g/mol. The van der Waals surface area contributed by atoms with Gasteiger partial charge in [-0.25, -0.2) is 13.1 Å². The van der Waals surface area contributed by atoms with Gasteiger partial charge in [0.25, 0.3) is 0 Å². The van der Waals surface area contributed by atoms with E-state index >= 15 is 0 Å². The molecule has 0 unspecified atom stereocenters. The number of amides is 1. The van der Waals surface area contributed by atoms with Gasteiger partial charge in [-0.05, 0) is 30.2 Å². The molecule has 6 nitrogen and oxygen atoms in total. The van der Waals surface area contributed by atoms with Crippen LogP contribution < -0.4 is 5.32 Å². The number of carbonyl (C=O) groups is 1. The van der Waals surface area contributed by atoms with Crippen LogP contribution in [0, 0.1) is 0 Å². The number of nitrogens with one attached hydrogen (secondary N) is 1. The minimum Gasteiger partial charge on any atom is -0.352 e. The Bertz CT molecular complexity index is 752. The van der Waals surface area contributed by atoms with Crippen molar-refractivity contribution in [2.24, 2.45) is 0 Å². The Hall–Kier alpha value is -2.15. The largest absolute Gasteiger partial charge is 0.352 e. The molecule has 0 spiro atoms. The third kappa shape index (κ3) is 3.54. The lowest BCUT2D eigenvalue weighted by molar-refractivity contribution is -0.120. The lowest BCUT2D eigenvalue weighted by atomic mass is 10.1. The van der Waals surface area contributed by atoms with E-state index in [-0.39, 0.29) is 29.9 Å². The van der Waals surface area contributed by atoms with Crippen LogP contribution in [0.15, 0.2) is 42.7 Å². The molecule has 3 rings (SSSR count). The fourth-order valence-electron chi connectivity index (χ4n) is 2.56. The predicted molar refractivity (Wildman–Crippen MR) is 82.5 cm³/mol. The first kappa shape index (κ1) is 14.8. The Balaban J connectivity index is 1.58. The first-order chi connectivity index (χ1) is 10.5. The molecule has 1 fully saturated rings. The number of hydrogen-bond donors (Lipinski definition) is 1. The van der Waals surface area contributed by atoms with Crippen LogP contribution in [0.2, 0.25) is 0 Å². The number of carbonyl (C=O) groups excluding carboxylic acids is 1. The summed E-state index contributed by atoms with van der Waals surface area (Å²) in [4.78, 5) is 12.0. The van der Waals surface area contributed by atoms with Crippen molar-refractivity contribution < 1.29 is 13.2 Å². The van der Waals surface area contributed by atoms with Crippen LogP contribution in [0.5, 0.6) is 0 Å². The van der Waals surface area contributed by atoms with Crippen molar-refractivity contribution in [2.75, 3.05) is 11.5 Å². The molecule has 0 aliphatic carbocycles. The normalized spacial score (nSPS) is 19.9. The van der Waals surface area contributed by atoms with Gasteiger partial charge in [0.05, 0.1) is 23.6 Å². The number of benzene rings is 1. The summed E-state index contributed by atoms with van der Waals surface area (Å²) >= 11 is 0. The van der Waals surface area contributed by atoms with E-state index in [1.165, 1.54) is 0 Å². The van der Waals surface area contributed by atoms with Crippen molar-refractivity contribution in [2.45, 2.75) is 18.9 Å². The quantitative estimate of drug-likeness (QED) is 0.900. The van der Waals surface area contributed by atoms with Crippen LogP contribution in [-0.2, 0) is 21.1 Å². The third-order valence-corrected chi connectivity index (χ3v) is 5.44. The van der Waals surface area contributed by atoms with Crippen LogP contribution in [0.25, 0.3) is 5.69 Å². The maximum Gasteiger partial charge on any atom is 0.224 e. The summed E-state index contributed by atoms with van der Waals surface area (Å²) in [6, 6.07) is 9.15. The Morgan fingerprint density at radius 3 is 2.68 bits per heavy atom. The maximum atomic E-state index is 12.0. The standard InChI is InChI=1S/C15H17N3O3S/c19-15(17-13-6-9-22(20,21)11-13)10-12-2-4-14(5-3-12)18-8-1-7-16-18/h1-5,7-8,13H,6,9-11H2,(H,17,19)/t13-/m1/s1. The Morgan fingerprint density at radius 2 is 2.09 bits per heavy atom. The highest BCUT2D eigenvalue weighted by Crippen LogP contribution is 2.12. The number of nitrogens with zero attached hydrogens (tertiary/aromatic N) is 2. The molecule has 0 bridgehead atoms. The second-order valence-electron chi connectivity index (χ2n) is 5.46. The van der Waals surface area contributed by atoms with Crippen LogP contribution in [-0.4, -0.2) is 41.7 Å². The van der Waals surface area contributed by atoms with Gasteiger partial charge in [0, 0.05) is 18.4 Å². The van der Waals surface area contributed by atoms with Crippen LogP contribution in [0.4, 0.5) is 0 Å². The van der Waals surface area contributed by atoms with E-state index in [2.05, 4.69) is 10.4 Å². The van der Waals surface area contributed by atoms with E-state index < -0.39 is 9.84 Å². The Labute approximate surface area is 129 Å². The summed E-state index contributed by atoms with van der Waals surface area (Å²) in [5, 5.41) is 6.93. The number of aromatic nitrogens is 2. The van der Waals surface area contributed by atoms with Crippen LogP contribution >= 0.6 is 0 Å². The van der Waals surface area contributed by atoms with Crippen molar-refractivity contribution in [3.05, 3.63) is 48.3 Å². The predicted octanol–water partition coefficient (Wildman–Crippen LogP) is 0.718. The van der Waals surface area contributed by atoms with E-state index in [0.717, 1.165) is 11.3 Å². The molecule has 1 aliphatic rings. The summed E-state index contributed by atoms with van der Waals surface area (Å²) in [5.41, 5.74) is 1.81. The molecule has 1 N–H and O–H groups in total. The second kappa shape index (κ2) is 5.92. The summed E-state index contributed by atoms with van der Waals surface area (Å²) < 4.78 is 24.5. The lowest BCUT2D eigenvalue weighted by Gasteiger charge is -2.11. The molecule has 1 aromatic heterocycles. The topological polar surface area (TPSA) is 81.1 Å². The lowest BCUT2D eigenvalue weighted by Crippen LogP contribution is -2.36. The molecular weight excluding hydrogens is 302 g/mol. The van der Waals surface area contributed by atoms with Crippen molar-refractivity contribution in [1.29, 1.82) is 0 Å². The fourth-order valence-corrected chi connectivity index (χ4v) is 4.23. The zero-order valence-corrected chi connectivity index (χ0v) is 12.8. The highest BCUT2D eigenvalue weighted by molar-refractivity contribution is 7.91. The molecule has 7 heteroatoms. The number of hydrogen-bond acceptors (Lipinski definition) is 4. The molecule has 0 radical (unpaired) electrons. The molecular formula is C15H17N3O3S. The van der Waals surface area contributed by atoms with Gasteiger partial charge >= 0.3 is 0 Å². The average molecular weight is 319 g/mol. The molecule has 116 valence electrons. The van der Waals surface area contributed by atoms with Gasteiger partial charge < -0.3 is 5.32 Å². The molecule has 2 aromatic rings. The van der Waals surface area contributed by atoms with Gasteiger partial charge in [-0.1, -0.05) is 12.1 Å². The van der Waals surface area contributed by atoms with E-state index in [9.17, 15) is 13.2 Å². The minimum atomic E-state index is -2.97. The molecule has 22 heavy (non-hydrogen) atoms. The van der Waals surface area contributed by atoms with E-state index in [1.807, 2.05) is 36.5 Å². The minimum absolute atomic E-state index is 0.0526. The first-order valence-electron chi connectivity index (χ1n) is 7.11. The summed E-state index contributed by atoms with van der Waals surface area (Å²) in [5.74, 6) is 0.0713. The zero-order valence-electron chi connectivity index (χ0n) is 12.0. The summed E-state index contributed by atoms with van der Waals surface area (Å²) in [7, 11) is -2.97. The van der Waals surface area contributed by atoms with E-state index in [1.54, 1.807) is 10.9 Å². The van der Waals surface area contributed by atoms with Gasteiger partial charge in [0.2, 0.25) is 5.91 Å². The van der Waals surface area contributed by atoms with Crippen molar-refractivity contribution in [3.8, 4) is 5.69 Å². The van der Waals surface area contributed by atoms with E-state index in [4.69, 9.17) is 0 Å². The summed E-state index contributed by atoms with van der Waals surface area (Å²) in [6.45, 7) is 0. The molecule has 2 heterocycles. The number of rotatable bonds is 4. The first-order valence-corrected chi connectivity index (χ1v) is 8.93. The SMILES string of the molecule is O=C(Cc1ccc(-n2cccn2)cc1)N[C@@H]1CCS(=O)(=O)C1. The van der Waals surface area contributed by atoms with Crippen molar-refractivity contribution in [3.63, 3.8) is 0 Å². The van der Waals surface area contributed by atoms with Crippen molar-refractivity contribution >= 4 is 15.7 Å². The highest BCUT2D eigenvalue weighted by Gasteiger charge is 2.28. The zero-order chi connectivity index (χ0) is 15.6. The van der Waals surface area contributed by atoms with Gasteiger partial charge in [0.15, 0.2) is 9.84 Å². The van der Waals surface area contributed by atoms with Gasteiger partial charge in [-0.2, -0.15) is 5.10 Å². The maximum absolute atomic E-state index is 12.0. The van der Waals surface area contributed by atoms with Gasteiger partial charge in [-0.15, -0.1) is 0 Å². The van der Waals surface area contributed by atoms with Crippen LogP contribution in [0.1, 0.15) is 12.0 Å². The van der Waals surface area contributed by atoms with Gasteiger partial charge in [-0.3, -0.25) is 4.79 Å². The van der Waals surface area contributed by atoms with E-state index in [0.29, 0.717) is 6.42 Å². The Kier molecular flexibility index (Phi) is 3.98. The third-order valence-electron chi connectivity index (χ3n) is 3.67. The molecule has 1 amide bonds. The smallest absolute Gasteiger partial charge is 0.224 e. The molecule has 1 aromatic carbocycles. The van der Waals surface area contributed by atoms with Crippen LogP contribution in [0.3, 0.4) is 0 Å². The fraction of sp³-hybridized carbons (Fsp3) is 0.333. The molecule has 1 saturated heterocycles. The molecule has 0 saturated carbocycles. The van der Waals surface area contributed by atoms with Crippen molar-refractivity contribution in [1.82, 2.24) is 15.1 Å². The summed E-state index contributed by atoms with van der Waals surface area (Å²) in [6.07, 6.45) is 4.31. The highest BCUT2D eigenvalue weighted by atomic mass is 32.2. The Morgan fingerprint density at radius 1 is 1.32 bits per heavy atom.